The van der Waals surface area contributed by atoms with Gasteiger partial charge in [0, 0.05) is 13.0 Å². The number of carbonyl (C=O) groups excluding carboxylic acids is 1. The number of hydrogen-bond donors (Lipinski definition) is 1. The average Bonchev–Trinajstić information content (AvgIpc) is 2.34. The van der Waals surface area contributed by atoms with Gasteiger partial charge in [-0.2, -0.15) is 0 Å². The van der Waals surface area contributed by atoms with Crippen molar-refractivity contribution in [2.24, 2.45) is 0 Å². The van der Waals surface area contributed by atoms with Crippen molar-refractivity contribution < 1.29 is 9.53 Å². The van der Waals surface area contributed by atoms with Crippen molar-refractivity contribution in [2.75, 3.05) is 13.2 Å². The van der Waals surface area contributed by atoms with E-state index >= 15 is 0 Å². The molecule has 0 amide bonds. The summed E-state index contributed by atoms with van der Waals surface area (Å²) in [4.78, 5) is 10.3. The minimum absolute atomic E-state index is 0.0442. The summed E-state index contributed by atoms with van der Waals surface area (Å²) < 4.78 is 5.18. The molecule has 58 valence electrons. The molecule has 0 aromatic rings. The zero-order chi connectivity index (χ0) is 7.40. The van der Waals surface area contributed by atoms with Crippen LogP contribution in [0.25, 0.3) is 0 Å². The third-order valence-corrected chi connectivity index (χ3v) is 1.59. The van der Waals surface area contributed by atoms with Gasteiger partial charge in [0.1, 0.15) is 6.23 Å². The molecule has 0 spiro atoms. The summed E-state index contributed by atoms with van der Waals surface area (Å²) in [5, 5.41) is 2.78. The van der Waals surface area contributed by atoms with E-state index in [0.29, 0.717) is 12.8 Å². The lowest BCUT2D eigenvalue weighted by Gasteiger charge is -2.06. The summed E-state index contributed by atoms with van der Waals surface area (Å²) in [5.74, 6) is 0. The Balaban J connectivity index is 2.07. The van der Waals surface area contributed by atoms with Crippen molar-refractivity contribution >= 4 is 16.8 Å². The highest BCUT2D eigenvalue weighted by Crippen LogP contribution is 2.04. The second-order valence-electron chi connectivity index (χ2n) is 2.21. The molecule has 0 aliphatic carbocycles. The van der Waals surface area contributed by atoms with Gasteiger partial charge in [-0.15, -0.1) is 0 Å². The maximum absolute atomic E-state index is 10.3. The first-order chi connectivity index (χ1) is 4.79. The highest BCUT2D eigenvalue weighted by atomic mass is 35.5. The van der Waals surface area contributed by atoms with Crippen LogP contribution < -0.4 is 5.32 Å². The number of ether oxygens (including phenoxy) is 1. The number of carbonyl (C=O) groups is 1. The van der Waals surface area contributed by atoms with Gasteiger partial charge < -0.3 is 4.74 Å². The predicted octanol–water partition coefficient (Wildman–Crippen LogP) is 0.478. The Bertz CT molecular complexity index is 123. The molecule has 0 bridgehead atoms. The van der Waals surface area contributed by atoms with Crippen LogP contribution in [0.4, 0.5) is 0 Å². The van der Waals surface area contributed by atoms with Crippen LogP contribution in [0, 0.1) is 0 Å². The van der Waals surface area contributed by atoms with Crippen LogP contribution in [-0.4, -0.2) is 24.6 Å². The Morgan fingerprint density at radius 3 is 3.10 bits per heavy atom. The molecule has 0 saturated carbocycles. The zero-order valence-electron chi connectivity index (χ0n) is 5.60. The molecule has 1 rings (SSSR count). The van der Waals surface area contributed by atoms with Gasteiger partial charge in [0.25, 0.3) is 0 Å². The van der Waals surface area contributed by atoms with E-state index in [2.05, 4.69) is 5.32 Å². The van der Waals surface area contributed by atoms with Gasteiger partial charge >= 0.3 is 0 Å². The Kier molecular flexibility index (Phi) is 3.12. The first-order valence-electron chi connectivity index (χ1n) is 3.32. The van der Waals surface area contributed by atoms with Crippen LogP contribution in [0.5, 0.6) is 0 Å². The third-order valence-electron chi connectivity index (χ3n) is 1.40. The van der Waals surface area contributed by atoms with Crippen molar-refractivity contribution in [2.45, 2.75) is 19.1 Å². The van der Waals surface area contributed by atoms with Gasteiger partial charge in [-0.3, -0.25) is 10.1 Å². The average molecular weight is 164 g/mol. The lowest BCUT2D eigenvalue weighted by Crippen LogP contribution is -2.22. The Labute approximate surface area is 64.7 Å². The van der Waals surface area contributed by atoms with Gasteiger partial charge in [-0.1, -0.05) is 0 Å². The van der Waals surface area contributed by atoms with Crippen LogP contribution in [0.1, 0.15) is 12.8 Å². The van der Waals surface area contributed by atoms with E-state index in [-0.39, 0.29) is 11.5 Å². The zero-order valence-corrected chi connectivity index (χ0v) is 6.36. The Morgan fingerprint density at radius 2 is 2.60 bits per heavy atom. The van der Waals surface area contributed by atoms with Gasteiger partial charge in [-0.05, 0) is 18.0 Å². The number of rotatable bonds is 3. The quantitative estimate of drug-likeness (QED) is 0.615. The van der Waals surface area contributed by atoms with Crippen molar-refractivity contribution in [1.29, 1.82) is 0 Å². The number of nitrogens with one attached hydrogen (secondary N) is 1. The lowest BCUT2D eigenvalue weighted by molar-refractivity contribution is -0.112. The van der Waals surface area contributed by atoms with Crippen LogP contribution in [-0.2, 0) is 9.53 Å². The number of halogens is 1. The van der Waals surface area contributed by atoms with Crippen LogP contribution >= 0.6 is 11.6 Å². The highest BCUT2D eigenvalue weighted by Gasteiger charge is 2.14. The molecule has 1 atom stereocenters. The summed E-state index contributed by atoms with van der Waals surface area (Å²) >= 11 is 5.13. The largest absolute Gasteiger partial charge is 0.362 e. The van der Waals surface area contributed by atoms with E-state index < -0.39 is 0 Å². The molecule has 1 aliphatic heterocycles. The molecule has 4 heteroatoms. The molecule has 1 unspecified atom stereocenters. The summed E-state index contributed by atoms with van der Waals surface area (Å²) in [6, 6.07) is 0. The maximum atomic E-state index is 10.3. The maximum Gasteiger partial charge on any atom is 0.221 e. The summed E-state index contributed by atoms with van der Waals surface area (Å²) in [7, 11) is 0. The lowest BCUT2D eigenvalue weighted by atomic mass is 10.3. The molecular weight excluding hydrogens is 154 g/mol. The molecule has 1 aliphatic rings. The van der Waals surface area contributed by atoms with Crippen molar-refractivity contribution in [1.82, 2.24) is 5.32 Å². The van der Waals surface area contributed by atoms with Gasteiger partial charge in [0.2, 0.25) is 5.24 Å². The van der Waals surface area contributed by atoms with Crippen LogP contribution in [0.15, 0.2) is 0 Å². The predicted molar refractivity (Wildman–Crippen MR) is 37.8 cm³/mol. The van der Waals surface area contributed by atoms with E-state index in [1.165, 1.54) is 0 Å². The molecule has 0 radical (unpaired) electrons. The first kappa shape index (κ1) is 7.98. The van der Waals surface area contributed by atoms with E-state index in [1.807, 2.05) is 0 Å². The third kappa shape index (κ3) is 2.64. The van der Waals surface area contributed by atoms with Crippen molar-refractivity contribution in [3.8, 4) is 0 Å². The number of hydrogen-bond acceptors (Lipinski definition) is 3. The summed E-state index contributed by atoms with van der Waals surface area (Å²) in [5.41, 5.74) is 0. The monoisotopic (exact) mass is 163 g/mol. The summed E-state index contributed by atoms with van der Waals surface area (Å²) in [6.45, 7) is 1.61. The van der Waals surface area contributed by atoms with Gasteiger partial charge in [-0.25, -0.2) is 0 Å². The molecule has 0 aromatic carbocycles. The molecule has 1 fully saturated rings. The van der Waals surface area contributed by atoms with Gasteiger partial charge in [0.15, 0.2) is 0 Å². The van der Waals surface area contributed by atoms with Crippen molar-refractivity contribution in [3.05, 3.63) is 0 Å². The highest BCUT2D eigenvalue weighted by molar-refractivity contribution is 6.63. The fourth-order valence-corrected chi connectivity index (χ4v) is 1.02. The van der Waals surface area contributed by atoms with E-state index in [1.54, 1.807) is 0 Å². The van der Waals surface area contributed by atoms with Gasteiger partial charge in [0.05, 0.1) is 6.61 Å². The standard InChI is InChI=1S/C6H10ClNO2/c7-5(9)1-2-6-8-3-4-10-6/h6,8H,1-4H2. The molecule has 0 aromatic heterocycles. The second kappa shape index (κ2) is 3.91. The molecule has 3 nitrogen and oxygen atoms in total. The fourth-order valence-electron chi connectivity index (χ4n) is 0.910. The SMILES string of the molecule is O=C(Cl)CCC1NCCO1. The Hall–Kier alpha value is -0.120. The van der Waals surface area contributed by atoms with E-state index in [0.717, 1.165) is 13.2 Å². The van der Waals surface area contributed by atoms with Crippen LogP contribution in [0.3, 0.4) is 0 Å². The van der Waals surface area contributed by atoms with E-state index in [4.69, 9.17) is 16.3 Å². The Morgan fingerprint density at radius 1 is 1.80 bits per heavy atom. The molecule has 1 saturated heterocycles. The smallest absolute Gasteiger partial charge is 0.221 e. The summed E-state index contributed by atoms with van der Waals surface area (Å²) in [6.07, 6.45) is 1.12. The normalized spacial score (nSPS) is 25.1. The van der Waals surface area contributed by atoms with Crippen molar-refractivity contribution in [3.63, 3.8) is 0 Å². The van der Waals surface area contributed by atoms with E-state index in [9.17, 15) is 4.79 Å². The molecule has 1 N–H and O–H groups in total. The molecule has 10 heavy (non-hydrogen) atoms. The molecule has 1 heterocycles. The van der Waals surface area contributed by atoms with Crippen LogP contribution in [0.2, 0.25) is 0 Å². The minimum atomic E-state index is -0.294. The second-order valence-corrected chi connectivity index (χ2v) is 2.63. The topological polar surface area (TPSA) is 38.3 Å². The minimum Gasteiger partial charge on any atom is -0.362 e. The molecular formula is C6H10ClNO2. The first-order valence-corrected chi connectivity index (χ1v) is 3.70. The fraction of sp³-hybridized carbons (Fsp3) is 0.833.